The van der Waals surface area contributed by atoms with Crippen LogP contribution in [0.2, 0.25) is 0 Å². The fourth-order valence-electron chi connectivity index (χ4n) is 0.553. The average molecular weight is 153 g/mol. The van der Waals surface area contributed by atoms with Gasteiger partial charge in [0, 0.05) is 7.05 Å². The van der Waals surface area contributed by atoms with Crippen molar-refractivity contribution in [3.63, 3.8) is 0 Å². The standard InChI is InChI=1S/C6H9N3.C2H6/c1-8-6-3-2-5(7)4-9-6;1-2/h2-4H,7H2,1H3,(H,8,9);1-2H3. The number of pyridine rings is 1. The molecule has 0 spiro atoms. The lowest BCUT2D eigenvalue weighted by Gasteiger charge is -1.96. The first-order valence-corrected chi connectivity index (χ1v) is 3.72. The van der Waals surface area contributed by atoms with E-state index in [1.807, 2.05) is 27.0 Å². The number of nitrogens with zero attached hydrogens (tertiary/aromatic N) is 1. The van der Waals surface area contributed by atoms with Gasteiger partial charge in [0.1, 0.15) is 5.82 Å². The predicted molar refractivity (Wildman–Crippen MR) is 49.5 cm³/mol. The van der Waals surface area contributed by atoms with E-state index in [9.17, 15) is 0 Å². The average Bonchev–Trinajstić information content (AvgIpc) is 2.10. The molecule has 1 heterocycles. The predicted octanol–water partition coefficient (Wildman–Crippen LogP) is 1.73. The molecule has 62 valence electrons. The highest BCUT2D eigenvalue weighted by Gasteiger charge is 1.85. The molecule has 0 aromatic carbocycles. The molecule has 11 heavy (non-hydrogen) atoms. The molecule has 0 saturated heterocycles. The summed E-state index contributed by atoms with van der Waals surface area (Å²) in [4.78, 5) is 3.96. The summed E-state index contributed by atoms with van der Waals surface area (Å²) in [5.74, 6) is 0.837. The fourth-order valence-corrected chi connectivity index (χ4v) is 0.553. The molecule has 1 aromatic heterocycles. The third kappa shape index (κ3) is 3.45. The minimum atomic E-state index is 0.689. The van der Waals surface area contributed by atoms with Gasteiger partial charge in [-0.1, -0.05) is 13.8 Å². The molecule has 3 nitrogen and oxygen atoms in total. The molecule has 0 radical (unpaired) electrons. The van der Waals surface area contributed by atoms with Gasteiger partial charge >= 0.3 is 0 Å². The van der Waals surface area contributed by atoms with E-state index >= 15 is 0 Å². The quantitative estimate of drug-likeness (QED) is 0.646. The zero-order chi connectivity index (χ0) is 8.69. The van der Waals surface area contributed by atoms with Crippen LogP contribution in [0.15, 0.2) is 18.3 Å². The van der Waals surface area contributed by atoms with E-state index in [2.05, 4.69) is 10.3 Å². The van der Waals surface area contributed by atoms with Crippen LogP contribution in [0.25, 0.3) is 0 Å². The number of nitrogens with one attached hydrogen (secondary N) is 1. The second-order valence-corrected chi connectivity index (χ2v) is 1.73. The van der Waals surface area contributed by atoms with E-state index in [0.717, 1.165) is 5.82 Å². The molecule has 3 heteroatoms. The molecular weight excluding hydrogens is 138 g/mol. The van der Waals surface area contributed by atoms with Gasteiger partial charge in [0.15, 0.2) is 0 Å². The number of rotatable bonds is 1. The van der Waals surface area contributed by atoms with Gasteiger partial charge in [-0.05, 0) is 12.1 Å². The minimum Gasteiger partial charge on any atom is -0.397 e. The highest BCUT2D eigenvalue weighted by Crippen LogP contribution is 2.03. The first-order chi connectivity index (χ1) is 5.33. The van der Waals surface area contributed by atoms with Crippen LogP contribution in [-0.2, 0) is 0 Å². The summed E-state index contributed by atoms with van der Waals surface area (Å²) in [6.07, 6.45) is 1.62. The minimum absolute atomic E-state index is 0.689. The first kappa shape index (κ1) is 9.75. The molecule has 0 bridgehead atoms. The number of hydrogen-bond acceptors (Lipinski definition) is 3. The van der Waals surface area contributed by atoms with Crippen LogP contribution in [0.4, 0.5) is 11.5 Å². The maximum absolute atomic E-state index is 5.39. The molecule has 0 amide bonds. The molecule has 0 saturated carbocycles. The summed E-state index contributed by atoms with van der Waals surface area (Å²) < 4.78 is 0. The zero-order valence-electron chi connectivity index (χ0n) is 7.26. The van der Waals surface area contributed by atoms with Crippen LogP contribution in [0.3, 0.4) is 0 Å². The first-order valence-electron chi connectivity index (χ1n) is 3.72. The molecule has 0 aliphatic carbocycles. The summed E-state index contributed by atoms with van der Waals surface area (Å²) in [5, 5.41) is 2.89. The summed E-state index contributed by atoms with van der Waals surface area (Å²) in [6.45, 7) is 4.00. The molecule has 0 aliphatic heterocycles. The lowest BCUT2D eigenvalue weighted by molar-refractivity contribution is 1.29. The van der Waals surface area contributed by atoms with E-state index in [1.165, 1.54) is 0 Å². The van der Waals surface area contributed by atoms with Crippen molar-refractivity contribution in [1.82, 2.24) is 4.98 Å². The smallest absolute Gasteiger partial charge is 0.125 e. The second-order valence-electron chi connectivity index (χ2n) is 1.73. The molecule has 0 atom stereocenters. The van der Waals surface area contributed by atoms with E-state index in [-0.39, 0.29) is 0 Å². The van der Waals surface area contributed by atoms with Gasteiger partial charge in [-0.3, -0.25) is 0 Å². The van der Waals surface area contributed by atoms with E-state index < -0.39 is 0 Å². The Bertz CT molecular complexity index is 181. The highest BCUT2D eigenvalue weighted by atomic mass is 14.9. The lowest BCUT2D eigenvalue weighted by atomic mass is 10.4. The summed E-state index contributed by atoms with van der Waals surface area (Å²) in [5.41, 5.74) is 6.08. The normalized spacial score (nSPS) is 7.91. The van der Waals surface area contributed by atoms with Crippen molar-refractivity contribution in [1.29, 1.82) is 0 Å². The Kier molecular flexibility index (Phi) is 4.90. The SMILES string of the molecule is CC.CNc1ccc(N)cn1. The Morgan fingerprint density at radius 1 is 1.36 bits per heavy atom. The van der Waals surface area contributed by atoms with Crippen molar-refractivity contribution >= 4 is 11.5 Å². The number of anilines is 2. The van der Waals surface area contributed by atoms with Crippen molar-refractivity contribution in [3.8, 4) is 0 Å². The summed E-state index contributed by atoms with van der Waals surface area (Å²) in [7, 11) is 1.82. The van der Waals surface area contributed by atoms with Gasteiger partial charge in [-0.2, -0.15) is 0 Å². The molecule has 1 aromatic rings. The van der Waals surface area contributed by atoms with E-state index in [4.69, 9.17) is 5.73 Å². The third-order valence-corrected chi connectivity index (χ3v) is 1.04. The summed E-state index contributed by atoms with van der Waals surface area (Å²) in [6, 6.07) is 3.63. The van der Waals surface area contributed by atoms with Crippen LogP contribution in [0.5, 0.6) is 0 Å². The van der Waals surface area contributed by atoms with Crippen LogP contribution in [0, 0.1) is 0 Å². The molecule has 0 unspecified atom stereocenters. The van der Waals surface area contributed by atoms with Crippen LogP contribution in [-0.4, -0.2) is 12.0 Å². The summed E-state index contributed by atoms with van der Waals surface area (Å²) >= 11 is 0. The Balaban J connectivity index is 0.000000461. The number of nitrogens with two attached hydrogens (primary N) is 1. The van der Waals surface area contributed by atoms with Gasteiger partial charge in [0.2, 0.25) is 0 Å². The monoisotopic (exact) mass is 153 g/mol. The Morgan fingerprint density at radius 2 is 2.00 bits per heavy atom. The van der Waals surface area contributed by atoms with Crippen molar-refractivity contribution in [2.75, 3.05) is 18.1 Å². The topological polar surface area (TPSA) is 50.9 Å². The maximum Gasteiger partial charge on any atom is 0.125 e. The Morgan fingerprint density at radius 3 is 2.36 bits per heavy atom. The van der Waals surface area contributed by atoms with Gasteiger partial charge in [-0.15, -0.1) is 0 Å². The van der Waals surface area contributed by atoms with E-state index in [0.29, 0.717) is 5.69 Å². The maximum atomic E-state index is 5.39. The highest BCUT2D eigenvalue weighted by molar-refractivity contribution is 5.43. The fraction of sp³-hybridized carbons (Fsp3) is 0.375. The molecule has 0 fully saturated rings. The molecule has 1 rings (SSSR count). The Labute approximate surface area is 67.6 Å². The number of nitrogen functional groups attached to an aromatic ring is 1. The van der Waals surface area contributed by atoms with Crippen molar-refractivity contribution in [3.05, 3.63) is 18.3 Å². The third-order valence-electron chi connectivity index (χ3n) is 1.04. The van der Waals surface area contributed by atoms with Crippen molar-refractivity contribution in [2.24, 2.45) is 0 Å². The van der Waals surface area contributed by atoms with Crippen LogP contribution in [0.1, 0.15) is 13.8 Å². The number of hydrogen-bond donors (Lipinski definition) is 2. The lowest BCUT2D eigenvalue weighted by Crippen LogP contribution is -1.92. The molecular formula is C8H15N3. The Hall–Kier alpha value is -1.25. The second kappa shape index (κ2) is 5.53. The molecule has 3 N–H and O–H groups in total. The van der Waals surface area contributed by atoms with Crippen LogP contribution >= 0.6 is 0 Å². The van der Waals surface area contributed by atoms with Gasteiger partial charge in [-0.25, -0.2) is 4.98 Å². The van der Waals surface area contributed by atoms with Gasteiger partial charge in [0.25, 0.3) is 0 Å². The van der Waals surface area contributed by atoms with Crippen LogP contribution < -0.4 is 11.1 Å². The largest absolute Gasteiger partial charge is 0.397 e. The van der Waals surface area contributed by atoms with Gasteiger partial charge in [0.05, 0.1) is 11.9 Å². The van der Waals surface area contributed by atoms with Crippen molar-refractivity contribution < 1.29 is 0 Å². The molecule has 0 aliphatic rings. The van der Waals surface area contributed by atoms with Gasteiger partial charge < -0.3 is 11.1 Å². The van der Waals surface area contributed by atoms with Crippen molar-refractivity contribution in [2.45, 2.75) is 13.8 Å². The zero-order valence-corrected chi connectivity index (χ0v) is 7.26. The van der Waals surface area contributed by atoms with E-state index in [1.54, 1.807) is 12.3 Å². The number of aromatic nitrogens is 1.